The van der Waals surface area contributed by atoms with Gasteiger partial charge in [-0.1, -0.05) is 285 Å². The Hall–Kier alpha value is -8.10. The standard InChI is InChI=1S/C107H142O16/c1-8-12-16-20-24-32-48-105(49-33-25-21-17-13-9-2)96-38-30-28-36-89(96)91-44-40-81(72-98(91)105)83-42-46-93-94-47-43-84(82-41-45-92-90-37-29-31-39-97(90)106(99(92)73-82,50-34-26-22-18-14-10-3)51-35-27-23-19-15-11-4)75-101(94)107(100(93)74-83,87-70-85(80(5)86(71-87)79-123-111)78-120-65-64-117-59-58-114-53-52-108)88-76-95(104(109)110)103(122-69-67-119-63-61-116-57-55-113-7)102(77-88)121-68-66-118-62-60-115-56-54-112-6/h28-31,36-47,70-77,79,108H,8-27,32-35,48-69,78H2,1-7H3,(H,109,110). The topological polar surface area (TPSA) is 193 Å². The number of hydrogen-bond donors (Lipinski definition) is 2. The van der Waals surface area contributed by atoms with E-state index >= 15 is 0 Å². The van der Waals surface area contributed by atoms with Crippen LogP contribution in [0.15, 0.2) is 146 Å². The number of rotatable bonds is 64. The molecule has 16 heteroatoms. The Morgan fingerprint density at radius 2 is 0.724 bits per heavy atom. The maximum atomic E-state index is 14.8. The summed E-state index contributed by atoms with van der Waals surface area (Å²) < 4.78 is 70.9. The number of carboxylic acid groups (broad SMARTS) is 1. The molecule has 16 nitrogen and oxygen atoms in total. The van der Waals surface area contributed by atoms with Gasteiger partial charge in [0.2, 0.25) is 0 Å². The van der Waals surface area contributed by atoms with Crippen molar-refractivity contribution in [2.75, 3.05) is 133 Å². The van der Waals surface area contributed by atoms with Crippen LogP contribution < -0.4 is 14.7 Å². The number of hydrogen-bond acceptors (Lipinski definition) is 14. The van der Waals surface area contributed by atoms with E-state index < -0.39 is 11.4 Å². The summed E-state index contributed by atoms with van der Waals surface area (Å²) in [5.41, 5.74) is 20.2. The third kappa shape index (κ3) is 24.4. The molecule has 0 saturated carbocycles. The predicted molar refractivity (Wildman–Crippen MR) is 493 cm³/mol. The molecule has 0 unspecified atom stereocenters. The van der Waals surface area contributed by atoms with Crippen molar-refractivity contribution >= 4 is 12.3 Å². The maximum Gasteiger partial charge on any atom is 0.349 e. The maximum absolute atomic E-state index is 14.8. The van der Waals surface area contributed by atoms with Gasteiger partial charge in [0, 0.05) is 25.0 Å². The van der Waals surface area contributed by atoms with Gasteiger partial charge in [0.05, 0.1) is 123 Å². The van der Waals surface area contributed by atoms with Gasteiger partial charge in [0.15, 0.2) is 11.5 Å². The fraction of sp³-hybridized carbons (Fsp3) is 0.533. The van der Waals surface area contributed by atoms with Crippen molar-refractivity contribution in [3.05, 3.63) is 212 Å². The highest BCUT2D eigenvalue weighted by molar-refractivity contribution is 5.96. The molecule has 0 amide bonds. The number of carboxylic acids is 1. The van der Waals surface area contributed by atoms with Gasteiger partial charge in [0.25, 0.3) is 0 Å². The zero-order chi connectivity index (χ0) is 86.3. The van der Waals surface area contributed by atoms with Crippen LogP contribution >= 0.6 is 0 Å². The SMILES string of the molecule is CCCCCCCCC1(CCCCCCCC)c2ccccc2-c2ccc(-c3ccc4c(c3)C(c3cc(C=[O+][O-])c(C)c(COCCOCCOCCO)c3)(c3cc(OCCOCCOCCOC)c(OCCOCCOCCOC)c(C(=O)O)c3)c3cc(-c5ccc6c(c5)C(CCCCCCCC)(CCCCCCCC)c5ccccc5-6)ccc3-4)cc21. The van der Waals surface area contributed by atoms with E-state index in [9.17, 15) is 20.3 Å². The number of benzene rings is 8. The lowest BCUT2D eigenvalue weighted by Gasteiger charge is -2.36. The number of aromatic carboxylic acids is 1. The minimum Gasteiger partial charge on any atom is -0.487 e. The number of aliphatic hydroxyl groups excluding tert-OH is 1. The van der Waals surface area contributed by atoms with Crippen molar-refractivity contribution < 1.29 is 76.9 Å². The normalized spacial score (nSPS) is 13.7. The molecule has 3 aliphatic rings. The van der Waals surface area contributed by atoms with E-state index in [4.69, 9.17) is 56.7 Å². The number of ether oxygens (including phenoxy) is 11. The number of aldehydes is 1. The molecule has 0 aliphatic heterocycles. The lowest BCUT2D eigenvalue weighted by atomic mass is 9.66. The van der Waals surface area contributed by atoms with E-state index in [0.717, 1.165) is 113 Å². The monoisotopic (exact) mass is 1680 g/mol. The van der Waals surface area contributed by atoms with Gasteiger partial charge in [-0.05, 0) is 186 Å². The second-order valence-corrected chi connectivity index (χ2v) is 34.0. The van der Waals surface area contributed by atoms with Gasteiger partial charge >= 0.3 is 12.3 Å². The predicted octanol–water partition coefficient (Wildman–Crippen LogP) is 23.2. The Labute approximate surface area is 735 Å². The Morgan fingerprint density at radius 3 is 1.13 bits per heavy atom. The number of carbonyl (C=O) groups is 1. The molecule has 0 heterocycles. The fourth-order valence-corrected chi connectivity index (χ4v) is 19.5. The minimum atomic E-state index is -1.43. The molecule has 2 N–H and O–H groups in total. The third-order valence-electron chi connectivity index (χ3n) is 25.9. The Bertz CT molecular complexity index is 4340. The quantitative estimate of drug-likeness (QED) is 0.0120. The summed E-state index contributed by atoms with van der Waals surface area (Å²) in [6, 6.07) is 54.7. The Kier molecular flexibility index (Phi) is 39.5. The van der Waals surface area contributed by atoms with E-state index in [-0.39, 0.29) is 101 Å². The van der Waals surface area contributed by atoms with Crippen LogP contribution in [0.4, 0.5) is 0 Å². The molecule has 0 radical (unpaired) electrons. The van der Waals surface area contributed by atoms with Crippen molar-refractivity contribution in [3.8, 4) is 67.1 Å². The summed E-state index contributed by atoms with van der Waals surface area (Å²) in [6.07, 6.45) is 34.6. The lowest BCUT2D eigenvalue weighted by Crippen LogP contribution is -2.30. The van der Waals surface area contributed by atoms with Crippen molar-refractivity contribution in [1.82, 2.24) is 0 Å². The number of carbonyl (C=O) groups excluding carboxylic acids is 1. The average molecular weight is 1680 g/mol. The second kappa shape index (κ2) is 50.9. The molecule has 8 aromatic carbocycles. The molecular formula is C107H142O16. The van der Waals surface area contributed by atoms with Gasteiger partial charge < -0.3 is 67.6 Å². The smallest absolute Gasteiger partial charge is 0.349 e. The molecule has 11 rings (SSSR count). The van der Waals surface area contributed by atoms with Crippen LogP contribution in [-0.4, -0.2) is 156 Å². The Morgan fingerprint density at radius 1 is 0.374 bits per heavy atom. The van der Waals surface area contributed by atoms with Crippen LogP contribution in [0.25, 0.3) is 55.6 Å². The largest absolute Gasteiger partial charge is 0.487 e. The van der Waals surface area contributed by atoms with Crippen LogP contribution in [0.2, 0.25) is 0 Å². The third-order valence-corrected chi connectivity index (χ3v) is 25.9. The number of aliphatic hydroxyl groups is 1. The van der Waals surface area contributed by atoms with Crippen molar-refractivity contribution in [2.24, 2.45) is 0 Å². The minimum absolute atomic E-state index is 0.0126. The highest BCUT2D eigenvalue weighted by atomic mass is 17.1. The van der Waals surface area contributed by atoms with Crippen molar-refractivity contribution in [2.45, 2.75) is 237 Å². The second-order valence-electron chi connectivity index (χ2n) is 34.0. The molecule has 0 aromatic heterocycles. The van der Waals surface area contributed by atoms with Crippen LogP contribution in [-0.2, 0) is 65.5 Å². The zero-order valence-electron chi connectivity index (χ0n) is 75.3. The average Bonchev–Trinajstić information content (AvgIpc) is 1.53. The van der Waals surface area contributed by atoms with Crippen LogP contribution in [0.1, 0.15) is 284 Å². The molecule has 3 aliphatic carbocycles. The molecule has 0 bridgehead atoms. The zero-order valence-corrected chi connectivity index (χ0v) is 75.3. The summed E-state index contributed by atoms with van der Waals surface area (Å²) in [5, 5.41) is 34.5. The van der Waals surface area contributed by atoms with Crippen LogP contribution in [0.3, 0.4) is 0 Å². The van der Waals surface area contributed by atoms with E-state index in [2.05, 4.69) is 155 Å². The van der Waals surface area contributed by atoms with Crippen LogP contribution in [0.5, 0.6) is 11.5 Å². The first-order valence-electron chi connectivity index (χ1n) is 46.9. The molecule has 0 saturated heterocycles. The van der Waals surface area contributed by atoms with Gasteiger partial charge in [0.1, 0.15) is 18.8 Å². The fourth-order valence-electron chi connectivity index (χ4n) is 19.5. The highest BCUT2D eigenvalue weighted by Crippen LogP contribution is 2.62. The summed E-state index contributed by atoms with van der Waals surface area (Å²) in [6.45, 7) is 15.8. The first-order valence-corrected chi connectivity index (χ1v) is 46.9. The first kappa shape index (κ1) is 95.6. The number of unbranched alkanes of at least 4 members (excludes halogenated alkanes) is 20. The van der Waals surface area contributed by atoms with Gasteiger partial charge in [-0.3, -0.25) is 0 Å². The molecule has 123 heavy (non-hydrogen) atoms. The molecular weight excluding hydrogens is 1540 g/mol. The molecule has 0 fully saturated rings. The lowest BCUT2D eigenvalue weighted by molar-refractivity contribution is -0.935. The summed E-state index contributed by atoms with van der Waals surface area (Å²) in [5.74, 6) is -1.00. The van der Waals surface area contributed by atoms with Gasteiger partial charge in [-0.15, -0.1) is 0 Å². The van der Waals surface area contributed by atoms with Gasteiger partial charge in [-0.25, -0.2) is 4.79 Å². The number of methoxy groups -OCH3 is 2. The van der Waals surface area contributed by atoms with E-state index in [1.54, 1.807) is 20.3 Å². The summed E-state index contributed by atoms with van der Waals surface area (Å²) in [7, 11) is 3.27. The van der Waals surface area contributed by atoms with Crippen LogP contribution in [0, 0.1) is 6.92 Å². The summed E-state index contributed by atoms with van der Waals surface area (Å²) in [4.78, 5) is 14.8. The van der Waals surface area contributed by atoms with E-state index in [1.165, 1.54) is 179 Å². The number of fused-ring (bicyclic) bond motifs is 9. The molecule has 0 spiro atoms. The molecule has 8 aromatic rings. The highest BCUT2D eigenvalue weighted by Gasteiger charge is 2.50. The molecule has 666 valence electrons. The van der Waals surface area contributed by atoms with E-state index in [1.807, 2.05) is 19.1 Å². The van der Waals surface area contributed by atoms with Crippen molar-refractivity contribution in [1.29, 1.82) is 0 Å². The van der Waals surface area contributed by atoms with Gasteiger partial charge in [-0.2, -0.15) is 4.58 Å². The molecule has 0 atom stereocenters. The van der Waals surface area contributed by atoms with Crippen molar-refractivity contribution in [3.63, 3.8) is 0 Å². The Balaban J connectivity index is 1.16. The van der Waals surface area contributed by atoms with E-state index in [0.29, 0.717) is 64.0 Å². The first-order chi connectivity index (χ1) is 60.5. The summed E-state index contributed by atoms with van der Waals surface area (Å²) >= 11 is 0.